The van der Waals surface area contributed by atoms with Gasteiger partial charge in [0, 0.05) is 16.5 Å². The van der Waals surface area contributed by atoms with Gasteiger partial charge in [0.25, 0.3) is 0 Å². The van der Waals surface area contributed by atoms with E-state index in [1.165, 1.54) is 0 Å². The molecule has 2 N–H and O–H groups in total. The van der Waals surface area contributed by atoms with Gasteiger partial charge in [0.15, 0.2) is 6.10 Å². The number of carboxylic acids is 1. The van der Waals surface area contributed by atoms with E-state index in [-0.39, 0.29) is 13.0 Å². The van der Waals surface area contributed by atoms with Crippen LogP contribution in [0.4, 0.5) is 0 Å². The topological polar surface area (TPSA) is 76.0 Å². The summed E-state index contributed by atoms with van der Waals surface area (Å²) < 4.78 is 10.8. The lowest BCUT2D eigenvalue weighted by atomic mass is 10.1. The normalized spacial score (nSPS) is 13.1. The van der Waals surface area contributed by atoms with E-state index in [2.05, 4.69) is 0 Å². The quantitative estimate of drug-likeness (QED) is 0.741. The largest absolute Gasteiger partial charge is 0.491 e. The van der Waals surface area contributed by atoms with Gasteiger partial charge in [-0.05, 0) is 48.5 Å². The fraction of sp³-hybridized carbons (Fsp3) is 0.235. The average molecular weight is 371 g/mol. The van der Waals surface area contributed by atoms with Crippen molar-refractivity contribution in [1.29, 1.82) is 0 Å². The van der Waals surface area contributed by atoms with Gasteiger partial charge in [-0.3, -0.25) is 0 Å². The second-order valence-corrected chi connectivity index (χ2v) is 5.93. The van der Waals surface area contributed by atoms with Crippen LogP contribution in [0.3, 0.4) is 0 Å². The van der Waals surface area contributed by atoms with Crippen molar-refractivity contribution in [3.63, 3.8) is 0 Å². The van der Waals surface area contributed by atoms with Crippen molar-refractivity contribution in [2.75, 3.05) is 6.61 Å². The van der Waals surface area contributed by atoms with E-state index in [1.54, 1.807) is 48.5 Å². The zero-order valence-electron chi connectivity index (χ0n) is 12.6. The van der Waals surface area contributed by atoms with E-state index in [4.69, 9.17) is 32.7 Å². The van der Waals surface area contributed by atoms with Gasteiger partial charge in [0.05, 0.1) is 6.10 Å². The molecule has 2 atom stereocenters. The molecule has 0 saturated carbocycles. The standard InChI is InChI=1S/C17H16Cl2O5/c18-11-1-5-14(6-2-11)23-10-13(20)9-16(17(21)22)24-15-7-3-12(19)4-8-15/h1-8,13,16,20H,9-10H2,(H,21,22). The van der Waals surface area contributed by atoms with Crippen LogP contribution in [0.1, 0.15) is 6.42 Å². The molecule has 2 unspecified atom stereocenters. The molecular weight excluding hydrogens is 355 g/mol. The van der Waals surface area contributed by atoms with Crippen molar-refractivity contribution in [3.05, 3.63) is 58.6 Å². The third-order valence-electron chi connectivity index (χ3n) is 3.11. The van der Waals surface area contributed by atoms with E-state index in [0.29, 0.717) is 21.5 Å². The molecule has 0 amide bonds. The van der Waals surface area contributed by atoms with E-state index in [0.717, 1.165) is 0 Å². The summed E-state index contributed by atoms with van der Waals surface area (Å²) >= 11 is 11.5. The Labute approximate surface area is 149 Å². The Balaban J connectivity index is 1.88. The number of aliphatic hydroxyl groups is 1. The Hall–Kier alpha value is -1.95. The summed E-state index contributed by atoms with van der Waals surface area (Å²) in [6.07, 6.45) is -2.32. The summed E-state index contributed by atoms with van der Waals surface area (Å²) in [5.41, 5.74) is 0. The van der Waals surface area contributed by atoms with Crippen molar-refractivity contribution in [1.82, 2.24) is 0 Å². The maximum absolute atomic E-state index is 11.3. The number of carboxylic acid groups (broad SMARTS) is 1. The molecule has 2 aromatic carbocycles. The van der Waals surface area contributed by atoms with E-state index in [9.17, 15) is 15.0 Å². The summed E-state index contributed by atoms with van der Waals surface area (Å²) in [4.78, 5) is 11.3. The molecule has 0 radical (unpaired) electrons. The van der Waals surface area contributed by atoms with Crippen LogP contribution in [0.15, 0.2) is 48.5 Å². The molecule has 5 nitrogen and oxygen atoms in total. The highest BCUT2D eigenvalue weighted by molar-refractivity contribution is 6.30. The number of carbonyl (C=O) groups is 1. The number of aliphatic hydroxyl groups excluding tert-OH is 1. The number of benzene rings is 2. The Kier molecular flexibility index (Phi) is 6.73. The molecule has 24 heavy (non-hydrogen) atoms. The molecule has 0 saturated heterocycles. The molecular formula is C17H16Cl2O5. The highest BCUT2D eigenvalue weighted by atomic mass is 35.5. The van der Waals surface area contributed by atoms with Gasteiger partial charge >= 0.3 is 5.97 Å². The first-order valence-electron chi connectivity index (χ1n) is 7.15. The lowest BCUT2D eigenvalue weighted by molar-refractivity contribution is -0.146. The number of hydrogen-bond donors (Lipinski definition) is 2. The highest BCUT2D eigenvalue weighted by Gasteiger charge is 2.24. The van der Waals surface area contributed by atoms with Crippen LogP contribution in [0.2, 0.25) is 10.0 Å². The van der Waals surface area contributed by atoms with Gasteiger partial charge in [-0.15, -0.1) is 0 Å². The van der Waals surface area contributed by atoms with Crippen molar-refractivity contribution < 1.29 is 24.5 Å². The maximum Gasteiger partial charge on any atom is 0.345 e. The maximum atomic E-state index is 11.3. The van der Waals surface area contributed by atoms with Gasteiger partial charge < -0.3 is 19.7 Å². The summed E-state index contributed by atoms with van der Waals surface area (Å²) in [5.74, 6) is -0.281. The number of halogens is 2. The summed E-state index contributed by atoms with van der Waals surface area (Å²) in [5, 5.41) is 20.3. The molecule has 2 rings (SSSR count). The predicted molar refractivity (Wildman–Crippen MR) is 91.1 cm³/mol. The van der Waals surface area contributed by atoms with Crippen molar-refractivity contribution in [2.45, 2.75) is 18.6 Å². The van der Waals surface area contributed by atoms with Crippen LogP contribution in [0.25, 0.3) is 0 Å². The van der Waals surface area contributed by atoms with Crippen LogP contribution >= 0.6 is 23.2 Å². The van der Waals surface area contributed by atoms with Crippen molar-refractivity contribution in [2.24, 2.45) is 0 Å². The first-order chi connectivity index (χ1) is 11.4. The first-order valence-corrected chi connectivity index (χ1v) is 7.91. The Morgan fingerprint density at radius 2 is 1.46 bits per heavy atom. The molecule has 128 valence electrons. The predicted octanol–water partition coefficient (Wildman–Crippen LogP) is 3.66. The highest BCUT2D eigenvalue weighted by Crippen LogP contribution is 2.19. The zero-order valence-corrected chi connectivity index (χ0v) is 14.1. The van der Waals surface area contributed by atoms with Crippen LogP contribution in [0.5, 0.6) is 11.5 Å². The summed E-state index contributed by atoms with van der Waals surface area (Å²) in [6.45, 7) is -0.0601. The second kappa shape index (κ2) is 8.78. The minimum absolute atomic E-state index is 0.0601. The zero-order chi connectivity index (χ0) is 17.5. The molecule has 0 aliphatic carbocycles. The first kappa shape index (κ1) is 18.4. The molecule has 7 heteroatoms. The summed E-state index contributed by atoms with van der Waals surface area (Å²) in [7, 11) is 0. The number of ether oxygens (including phenoxy) is 2. The smallest absolute Gasteiger partial charge is 0.345 e. The third-order valence-corrected chi connectivity index (χ3v) is 3.61. The summed E-state index contributed by atoms with van der Waals surface area (Å²) in [6, 6.07) is 13.0. The minimum Gasteiger partial charge on any atom is -0.491 e. The van der Waals surface area contributed by atoms with Crippen LogP contribution in [-0.2, 0) is 4.79 Å². The number of hydrogen-bond acceptors (Lipinski definition) is 4. The van der Waals surface area contributed by atoms with Crippen molar-refractivity contribution >= 4 is 29.2 Å². The number of aliphatic carboxylic acids is 1. The van der Waals surface area contributed by atoms with Crippen LogP contribution in [-0.4, -0.2) is 35.0 Å². The van der Waals surface area contributed by atoms with Crippen LogP contribution in [0, 0.1) is 0 Å². The Morgan fingerprint density at radius 3 is 1.96 bits per heavy atom. The van der Waals surface area contributed by atoms with Crippen LogP contribution < -0.4 is 9.47 Å². The van der Waals surface area contributed by atoms with Gasteiger partial charge in [-0.25, -0.2) is 4.79 Å². The number of rotatable bonds is 8. The van der Waals surface area contributed by atoms with Gasteiger partial charge in [-0.2, -0.15) is 0 Å². The minimum atomic E-state index is -1.20. The lowest BCUT2D eigenvalue weighted by Crippen LogP contribution is -2.33. The van der Waals surface area contributed by atoms with E-state index >= 15 is 0 Å². The van der Waals surface area contributed by atoms with Gasteiger partial charge in [-0.1, -0.05) is 23.2 Å². The molecule has 2 aromatic rings. The van der Waals surface area contributed by atoms with Gasteiger partial charge in [0.1, 0.15) is 18.1 Å². The molecule has 0 heterocycles. The lowest BCUT2D eigenvalue weighted by Gasteiger charge is -2.19. The molecule has 0 aliphatic rings. The Morgan fingerprint density at radius 1 is 0.958 bits per heavy atom. The molecule has 0 spiro atoms. The van der Waals surface area contributed by atoms with E-state index < -0.39 is 18.2 Å². The molecule has 0 aromatic heterocycles. The molecule has 0 fully saturated rings. The SMILES string of the molecule is O=C(O)C(CC(O)COc1ccc(Cl)cc1)Oc1ccc(Cl)cc1. The van der Waals surface area contributed by atoms with E-state index in [1.807, 2.05) is 0 Å². The van der Waals surface area contributed by atoms with Crippen molar-refractivity contribution in [3.8, 4) is 11.5 Å². The third kappa shape index (κ3) is 5.92. The molecule has 0 bridgehead atoms. The second-order valence-electron chi connectivity index (χ2n) is 5.05. The molecule has 0 aliphatic heterocycles. The fourth-order valence-corrected chi connectivity index (χ4v) is 2.17. The fourth-order valence-electron chi connectivity index (χ4n) is 1.92. The monoisotopic (exact) mass is 370 g/mol. The average Bonchev–Trinajstić information content (AvgIpc) is 2.55. The van der Waals surface area contributed by atoms with Gasteiger partial charge in [0.2, 0.25) is 0 Å². The Bertz CT molecular complexity index is 658.